The number of carbonyl (C=O) groups excluding carboxylic acids is 2. The Balaban J connectivity index is 1.91. The molecule has 0 aliphatic carbocycles. The van der Waals surface area contributed by atoms with Crippen molar-refractivity contribution in [3.8, 4) is 6.07 Å². The van der Waals surface area contributed by atoms with Crippen LogP contribution in [0, 0.1) is 11.3 Å². The third-order valence-electron chi connectivity index (χ3n) is 3.77. The molecule has 0 spiro atoms. The molecule has 0 saturated heterocycles. The molecular weight excluding hydrogens is 392 g/mol. The molecule has 1 N–H and O–H groups in total. The largest absolute Gasteiger partial charge is 0.322 e. The maximum absolute atomic E-state index is 12.8. The van der Waals surface area contributed by atoms with Crippen LogP contribution in [0.15, 0.2) is 77.3 Å². The van der Waals surface area contributed by atoms with Crippen LogP contribution in [0.3, 0.4) is 0 Å². The van der Waals surface area contributed by atoms with Gasteiger partial charge < -0.3 is 5.32 Å². The van der Waals surface area contributed by atoms with Crippen LogP contribution in [0.5, 0.6) is 0 Å². The van der Waals surface area contributed by atoms with E-state index in [9.17, 15) is 9.59 Å². The number of halogens is 1. The Hall–Kier alpha value is -3.23. The molecule has 0 aliphatic heterocycles. The molecule has 0 bridgehead atoms. The highest BCUT2D eigenvalue weighted by Crippen LogP contribution is 2.19. The minimum Gasteiger partial charge on any atom is -0.322 e. The number of nitrogens with one attached hydrogen (secondary N) is 1. The summed E-state index contributed by atoms with van der Waals surface area (Å²) < 4.78 is 0.873. The Kier molecular flexibility index (Phi) is 5.26. The van der Waals surface area contributed by atoms with Crippen molar-refractivity contribution >= 4 is 33.3 Å². The summed E-state index contributed by atoms with van der Waals surface area (Å²) in [6.45, 7) is 0. The van der Waals surface area contributed by atoms with Gasteiger partial charge in [-0.25, -0.2) is 0 Å². The van der Waals surface area contributed by atoms with Gasteiger partial charge in [0.15, 0.2) is 5.78 Å². The number of nitrogens with zero attached hydrogens (tertiary/aromatic N) is 1. The first-order valence-corrected chi connectivity index (χ1v) is 8.58. The standard InChI is InChI=1S/C21H13BrN2O2/c22-16-10-8-15(9-11-16)20(25)18-6-1-2-7-19(18)21(26)24-17-5-3-4-14(12-17)13-23/h1-12H,(H,24,26). The molecule has 0 aromatic heterocycles. The van der Waals surface area contributed by atoms with E-state index in [1.165, 1.54) is 0 Å². The molecule has 3 rings (SSSR count). The van der Waals surface area contributed by atoms with Crippen LogP contribution in [-0.4, -0.2) is 11.7 Å². The lowest BCUT2D eigenvalue weighted by atomic mass is 9.98. The van der Waals surface area contributed by atoms with Gasteiger partial charge in [-0.3, -0.25) is 9.59 Å². The zero-order valence-electron chi connectivity index (χ0n) is 13.6. The number of rotatable bonds is 4. The summed E-state index contributed by atoms with van der Waals surface area (Å²) >= 11 is 3.34. The quantitative estimate of drug-likeness (QED) is 0.634. The molecule has 0 heterocycles. The monoisotopic (exact) mass is 404 g/mol. The van der Waals surface area contributed by atoms with Gasteiger partial charge >= 0.3 is 0 Å². The third-order valence-corrected chi connectivity index (χ3v) is 4.30. The van der Waals surface area contributed by atoms with Crippen molar-refractivity contribution in [3.63, 3.8) is 0 Å². The first-order chi connectivity index (χ1) is 12.6. The van der Waals surface area contributed by atoms with E-state index in [1.54, 1.807) is 72.8 Å². The minimum absolute atomic E-state index is 0.228. The molecular formula is C21H13BrN2O2. The first kappa shape index (κ1) is 17.6. The first-order valence-electron chi connectivity index (χ1n) is 7.79. The Bertz CT molecular complexity index is 1020. The van der Waals surface area contributed by atoms with Crippen LogP contribution in [0.2, 0.25) is 0 Å². The summed E-state index contributed by atoms with van der Waals surface area (Å²) in [6, 6.07) is 22.3. The Labute approximate surface area is 159 Å². The second-order valence-electron chi connectivity index (χ2n) is 5.53. The zero-order chi connectivity index (χ0) is 18.5. The van der Waals surface area contributed by atoms with E-state index in [2.05, 4.69) is 21.2 Å². The number of amides is 1. The summed E-state index contributed by atoms with van der Waals surface area (Å²) in [6.07, 6.45) is 0. The van der Waals surface area contributed by atoms with Gasteiger partial charge in [0.2, 0.25) is 0 Å². The van der Waals surface area contributed by atoms with Gasteiger partial charge in [-0.2, -0.15) is 5.26 Å². The lowest BCUT2D eigenvalue weighted by Gasteiger charge is -2.10. The van der Waals surface area contributed by atoms with Crippen molar-refractivity contribution in [2.45, 2.75) is 0 Å². The lowest BCUT2D eigenvalue weighted by molar-refractivity contribution is 0.0996. The smallest absolute Gasteiger partial charge is 0.256 e. The molecule has 0 unspecified atom stereocenters. The Morgan fingerprint density at radius 3 is 2.27 bits per heavy atom. The molecule has 26 heavy (non-hydrogen) atoms. The number of hydrogen-bond acceptors (Lipinski definition) is 3. The fourth-order valence-corrected chi connectivity index (χ4v) is 2.77. The van der Waals surface area contributed by atoms with E-state index < -0.39 is 5.91 Å². The zero-order valence-corrected chi connectivity index (χ0v) is 15.2. The lowest BCUT2D eigenvalue weighted by Crippen LogP contribution is -2.17. The molecule has 4 nitrogen and oxygen atoms in total. The van der Waals surface area contributed by atoms with E-state index >= 15 is 0 Å². The van der Waals surface area contributed by atoms with Gasteiger partial charge in [-0.05, 0) is 48.5 Å². The maximum atomic E-state index is 12.8. The van der Waals surface area contributed by atoms with Crippen LogP contribution in [0.1, 0.15) is 31.8 Å². The van der Waals surface area contributed by atoms with Crippen molar-refractivity contribution in [2.75, 3.05) is 5.32 Å². The van der Waals surface area contributed by atoms with E-state index in [-0.39, 0.29) is 11.3 Å². The Morgan fingerprint density at radius 2 is 1.58 bits per heavy atom. The van der Waals surface area contributed by atoms with Gasteiger partial charge in [-0.15, -0.1) is 0 Å². The second-order valence-corrected chi connectivity index (χ2v) is 6.44. The van der Waals surface area contributed by atoms with Crippen LogP contribution >= 0.6 is 15.9 Å². The normalized spacial score (nSPS) is 10.0. The number of hydrogen-bond donors (Lipinski definition) is 1. The number of anilines is 1. The van der Waals surface area contributed by atoms with Gasteiger partial charge in [-0.1, -0.05) is 40.2 Å². The summed E-state index contributed by atoms with van der Waals surface area (Å²) in [5.74, 6) is -0.629. The SMILES string of the molecule is N#Cc1cccc(NC(=O)c2ccccc2C(=O)c2ccc(Br)cc2)c1. The highest BCUT2D eigenvalue weighted by Gasteiger charge is 2.18. The Morgan fingerprint density at radius 1 is 0.885 bits per heavy atom. The predicted molar refractivity (Wildman–Crippen MR) is 103 cm³/mol. The van der Waals surface area contributed by atoms with Gasteiger partial charge in [0.25, 0.3) is 5.91 Å². The van der Waals surface area contributed by atoms with E-state index in [0.29, 0.717) is 22.4 Å². The summed E-state index contributed by atoms with van der Waals surface area (Å²) in [5.41, 5.74) is 2.05. The highest BCUT2D eigenvalue weighted by molar-refractivity contribution is 9.10. The summed E-state index contributed by atoms with van der Waals surface area (Å²) in [7, 11) is 0. The summed E-state index contributed by atoms with van der Waals surface area (Å²) in [4.78, 5) is 25.5. The summed E-state index contributed by atoms with van der Waals surface area (Å²) in [5, 5.41) is 11.7. The fraction of sp³-hybridized carbons (Fsp3) is 0. The van der Waals surface area contributed by atoms with Gasteiger partial charge in [0, 0.05) is 21.3 Å². The van der Waals surface area contributed by atoms with Crippen LogP contribution in [0.4, 0.5) is 5.69 Å². The second kappa shape index (κ2) is 7.77. The molecule has 0 fully saturated rings. The number of benzene rings is 3. The third kappa shape index (κ3) is 3.88. The topological polar surface area (TPSA) is 70.0 Å². The molecule has 3 aromatic carbocycles. The fourth-order valence-electron chi connectivity index (χ4n) is 2.50. The van der Waals surface area contributed by atoms with Crippen LogP contribution in [0.25, 0.3) is 0 Å². The predicted octanol–water partition coefficient (Wildman–Crippen LogP) is 4.80. The van der Waals surface area contributed by atoms with Crippen molar-refractivity contribution < 1.29 is 9.59 Å². The van der Waals surface area contributed by atoms with Crippen molar-refractivity contribution in [1.29, 1.82) is 5.26 Å². The van der Waals surface area contributed by atoms with Crippen molar-refractivity contribution in [3.05, 3.63) is 99.5 Å². The molecule has 0 atom stereocenters. The molecule has 3 aromatic rings. The van der Waals surface area contributed by atoms with Gasteiger partial charge in [0.05, 0.1) is 17.2 Å². The molecule has 0 aliphatic rings. The van der Waals surface area contributed by atoms with Crippen molar-refractivity contribution in [2.24, 2.45) is 0 Å². The average molecular weight is 405 g/mol. The molecule has 126 valence electrons. The van der Waals surface area contributed by atoms with E-state index in [4.69, 9.17) is 5.26 Å². The van der Waals surface area contributed by atoms with Gasteiger partial charge in [0.1, 0.15) is 0 Å². The van der Waals surface area contributed by atoms with E-state index in [1.807, 2.05) is 6.07 Å². The van der Waals surface area contributed by atoms with Crippen LogP contribution in [-0.2, 0) is 0 Å². The van der Waals surface area contributed by atoms with E-state index in [0.717, 1.165) is 4.47 Å². The molecule has 1 amide bonds. The average Bonchev–Trinajstić information content (AvgIpc) is 2.68. The minimum atomic E-state index is -0.402. The number of ketones is 1. The van der Waals surface area contributed by atoms with Crippen LogP contribution < -0.4 is 5.32 Å². The highest BCUT2D eigenvalue weighted by atomic mass is 79.9. The molecule has 0 radical (unpaired) electrons. The number of carbonyl (C=O) groups is 2. The van der Waals surface area contributed by atoms with Crippen molar-refractivity contribution in [1.82, 2.24) is 0 Å². The number of nitriles is 1. The molecule has 0 saturated carbocycles. The molecule has 5 heteroatoms. The maximum Gasteiger partial charge on any atom is 0.256 e.